The molecule has 0 aliphatic heterocycles. The summed E-state index contributed by atoms with van der Waals surface area (Å²) in [6.45, 7) is 0.683. The number of rotatable bonds is 8. The van der Waals surface area contributed by atoms with E-state index in [0.29, 0.717) is 22.9 Å². The predicted molar refractivity (Wildman–Crippen MR) is 84.4 cm³/mol. The summed E-state index contributed by atoms with van der Waals surface area (Å²) in [7, 11) is -3.43. The lowest BCUT2D eigenvalue weighted by Crippen LogP contribution is -2.26. The molecule has 1 aliphatic carbocycles. The first-order valence-electron chi connectivity index (χ1n) is 6.50. The first kappa shape index (κ1) is 15.2. The Morgan fingerprint density at radius 3 is 2.80 bits per heavy atom. The summed E-state index contributed by atoms with van der Waals surface area (Å²) in [6, 6.07) is 7.08. The SMILES string of the molecule is C#CCSCCNc1ccccc1S(=O)(=O)NC1CC1. The largest absolute Gasteiger partial charge is 0.383 e. The highest BCUT2D eigenvalue weighted by Crippen LogP contribution is 2.25. The van der Waals surface area contributed by atoms with Crippen LogP contribution in [0.15, 0.2) is 29.2 Å². The normalized spacial score (nSPS) is 14.8. The van der Waals surface area contributed by atoms with E-state index < -0.39 is 10.0 Å². The van der Waals surface area contributed by atoms with Gasteiger partial charge in [0.15, 0.2) is 0 Å². The van der Waals surface area contributed by atoms with Crippen molar-refractivity contribution in [1.82, 2.24) is 4.72 Å². The number of benzene rings is 1. The Morgan fingerprint density at radius 2 is 2.10 bits per heavy atom. The van der Waals surface area contributed by atoms with Crippen LogP contribution in [0.25, 0.3) is 0 Å². The molecule has 0 bridgehead atoms. The van der Waals surface area contributed by atoms with Gasteiger partial charge in [-0.15, -0.1) is 18.2 Å². The second-order valence-corrected chi connectivity index (χ2v) is 7.36. The number of thioether (sulfide) groups is 1. The average molecular weight is 310 g/mol. The van der Waals surface area contributed by atoms with Crippen LogP contribution >= 0.6 is 11.8 Å². The van der Waals surface area contributed by atoms with Gasteiger partial charge in [-0.05, 0) is 25.0 Å². The van der Waals surface area contributed by atoms with Gasteiger partial charge < -0.3 is 5.32 Å². The van der Waals surface area contributed by atoms with E-state index in [1.54, 1.807) is 30.0 Å². The first-order chi connectivity index (χ1) is 9.63. The summed E-state index contributed by atoms with van der Waals surface area (Å²) < 4.78 is 27.2. The summed E-state index contributed by atoms with van der Waals surface area (Å²) >= 11 is 1.64. The van der Waals surface area contributed by atoms with Gasteiger partial charge >= 0.3 is 0 Å². The van der Waals surface area contributed by atoms with Gasteiger partial charge in [-0.3, -0.25) is 0 Å². The van der Waals surface area contributed by atoms with Crippen LogP contribution in [0, 0.1) is 12.3 Å². The quantitative estimate of drug-likeness (QED) is 0.569. The van der Waals surface area contributed by atoms with Crippen molar-refractivity contribution in [2.24, 2.45) is 0 Å². The molecule has 0 unspecified atom stereocenters. The zero-order valence-electron chi connectivity index (χ0n) is 11.1. The molecule has 108 valence electrons. The fraction of sp³-hybridized carbons (Fsp3) is 0.429. The molecule has 1 aromatic carbocycles. The average Bonchev–Trinajstić information content (AvgIpc) is 3.22. The third-order valence-corrected chi connectivity index (χ3v) is 5.27. The fourth-order valence-corrected chi connectivity index (χ4v) is 3.72. The molecule has 1 saturated carbocycles. The van der Waals surface area contributed by atoms with E-state index in [1.807, 2.05) is 6.07 Å². The molecule has 0 aromatic heterocycles. The second kappa shape index (κ2) is 7.02. The third kappa shape index (κ3) is 4.44. The smallest absolute Gasteiger partial charge is 0.242 e. The van der Waals surface area contributed by atoms with Gasteiger partial charge in [0.25, 0.3) is 0 Å². The van der Waals surface area contributed by atoms with Gasteiger partial charge in [-0.25, -0.2) is 13.1 Å². The van der Waals surface area contributed by atoms with Gasteiger partial charge in [0, 0.05) is 18.3 Å². The number of sulfonamides is 1. The first-order valence-corrected chi connectivity index (χ1v) is 9.14. The Balaban J connectivity index is 2.00. The molecule has 2 rings (SSSR count). The Kier molecular flexibility index (Phi) is 5.35. The molecule has 1 aliphatic rings. The van der Waals surface area contributed by atoms with Gasteiger partial charge in [0.2, 0.25) is 10.0 Å². The molecule has 1 fully saturated rings. The maximum Gasteiger partial charge on any atom is 0.242 e. The van der Waals surface area contributed by atoms with Crippen molar-refractivity contribution in [3.8, 4) is 12.3 Å². The van der Waals surface area contributed by atoms with E-state index in [1.165, 1.54) is 0 Å². The van der Waals surface area contributed by atoms with Crippen LogP contribution in [0.2, 0.25) is 0 Å². The number of nitrogens with one attached hydrogen (secondary N) is 2. The summed E-state index contributed by atoms with van der Waals surface area (Å²) in [5, 5.41) is 3.16. The maximum atomic E-state index is 12.3. The highest BCUT2D eigenvalue weighted by Gasteiger charge is 2.29. The minimum absolute atomic E-state index is 0.110. The van der Waals surface area contributed by atoms with Crippen molar-refractivity contribution >= 4 is 27.5 Å². The van der Waals surface area contributed by atoms with E-state index in [-0.39, 0.29) is 6.04 Å². The minimum atomic E-state index is -3.43. The van der Waals surface area contributed by atoms with E-state index in [9.17, 15) is 8.42 Å². The van der Waals surface area contributed by atoms with Crippen molar-refractivity contribution in [3.05, 3.63) is 24.3 Å². The Bertz CT molecular complexity index is 589. The molecule has 0 amide bonds. The summed E-state index contributed by atoms with van der Waals surface area (Å²) in [5.74, 6) is 4.07. The molecular weight excluding hydrogens is 292 g/mol. The maximum absolute atomic E-state index is 12.3. The molecule has 0 radical (unpaired) electrons. The van der Waals surface area contributed by atoms with Crippen molar-refractivity contribution in [2.45, 2.75) is 23.8 Å². The highest BCUT2D eigenvalue weighted by molar-refractivity contribution is 7.99. The fourth-order valence-electron chi connectivity index (χ4n) is 1.72. The molecule has 0 spiro atoms. The zero-order chi connectivity index (χ0) is 14.4. The second-order valence-electron chi connectivity index (χ2n) is 4.58. The minimum Gasteiger partial charge on any atom is -0.383 e. The Labute approximate surface area is 124 Å². The molecule has 4 nitrogen and oxygen atoms in total. The summed E-state index contributed by atoms with van der Waals surface area (Å²) in [6.07, 6.45) is 7.03. The van der Waals surface area contributed by atoms with Crippen molar-refractivity contribution in [1.29, 1.82) is 0 Å². The van der Waals surface area contributed by atoms with Crippen LogP contribution in [-0.4, -0.2) is 32.5 Å². The van der Waals surface area contributed by atoms with E-state index >= 15 is 0 Å². The number of terminal acetylenes is 1. The molecule has 2 N–H and O–H groups in total. The van der Waals surface area contributed by atoms with Gasteiger partial charge in [0.1, 0.15) is 4.90 Å². The molecular formula is C14H18N2O2S2. The van der Waals surface area contributed by atoms with Gasteiger partial charge in [0.05, 0.1) is 11.4 Å². The summed E-state index contributed by atoms with van der Waals surface area (Å²) in [4.78, 5) is 0.314. The van der Waals surface area contributed by atoms with Gasteiger partial charge in [-0.1, -0.05) is 18.1 Å². The van der Waals surface area contributed by atoms with Crippen LogP contribution in [-0.2, 0) is 10.0 Å². The lowest BCUT2D eigenvalue weighted by molar-refractivity contribution is 0.581. The van der Waals surface area contributed by atoms with Crippen molar-refractivity contribution in [3.63, 3.8) is 0 Å². The van der Waals surface area contributed by atoms with Crippen LogP contribution < -0.4 is 10.0 Å². The van der Waals surface area contributed by atoms with Crippen LogP contribution in [0.1, 0.15) is 12.8 Å². The Hall–Kier alpha value is -1.16. The zero-order valence-corrected chi connectivity index (χ0v) is 12.8. The van der Waals surface area contributed by atoms with Crippen LogP contribution in [0.5, 0.6) is 0 Å². The molecule has 0 saturated heterocycles. The highest BCUT2D eigenvalue weighted by atomic mass is 32.2. The lowest BCUT2D eigenvalue weighted by atomic mass is 10.3. The van der Waals surface area contributed by atoms with Crippen LogP contribution in [0.3, 0.4) is 0 Å². The third-order valence-electron chi connectivity index (χ3n) is 2.82. The number of para-hydroxylation sites is 1. The van der Waals surface area contributed by atoms with Crippen molar-refractivity contribution in [2.75, 3.05) is 23.4 Å². The standard InChI is InChI=1S/C14H18N2O2S2/c1-2-10-19-11-9-15-13-5-3-4-6-14(13)20(17,18)16-12-7-8-12/h1,3-6,12,15-16H,7-11H2. The molecule has 6 heteroatoms. The number of hydrogen-bond acceptors (Lipinski definition) is 4. The predicted octanol–water partition coefficient (Wildman–Crippen LogP) is 1.91. The van der Waals surface area contributed by atoms with E-state index in [4.69, 9.17) is 6.42 Å². The molecule has 20 heavy (non-hydrogen) atoms. The van der Waals surface area contributed by atoms with Crippen molar-refractivity contribution < 1.29 is 8.42 Å². The molecule has 0 atom stereocenters. The molecule has 0 heterocycles. The Morgan fingerprint density at radius 1 is 1.35 bits per heavy atom. The number of hydrogen-bond donors (Lipinski definition) is 2. The topological polar surface area (TPSA) is 58.2 Å². The monoisotopic (exact) mass is 310 g/mol. The summed E-state index contributed by atoms with van der Waals surface area (Å²) in [5.41, 5.74) is 0.641. The van der Waals surface area contributed by atoms with E-state index in [2.05, 4.69) is 16.0 Å². The van der Waals surface area contributed by atoms with Gasteiger partial charge in [-0.2, -0.15) is 0 Å². The van der Waals surface area contributed by atoms with E-state index in [0.717, 1.165) is 18.6 Å². The lowest BCUT2D eigenvalue weighted by Gasteiger charge is -2.12. The van der Waals surface area contributed by atoms with Crippen LogP contribution in [0.4, 0.5) is 5.69 Å². The molecule has 1 aromatic rings. The number of anilines is 1.